The van der Waals surface area contributed by atoms with E-state index in [4.69, 9.17) is 5.11 Å². The number of aliphatic hydroxyl groups is 1. The van der Waals surface area contributed by atoms with Crippen LogP contribution in [0.3, 0.4) is 0 Å². The molecule has 0 aromatic carbocycles. The smallest absolute Gasteiger partial charge is 0.317 e. The maximum atomic E-state index is 11.6. The predicted molar refractivity (Wildman–Crippen MR) is 64.6 cm³/mol. The monoisotopic (exact) mass is 240 g/mol. The van der Waals surface area contributed by atoms with Crippen molar-refractivity contribution in [1.29, 1.82) is 0 Å². The van der Waals surface area contributed by atoms with Gasteiger partial charge in [0.1, 0.15) is 0 Å². The van der Waals surface area contributed by atoms with Crippen LogP contribution < -0.4 is 5.32 Å². The molecule has 2 N–H and O–H groups in total. The maximum Gasteiger partial charge on any atom is 0.317 e. The van der Waals surface area contributed by atoms with Gasteiger partial charge in [-0.05, 0) is 19.4 Å². The van der Waals surface area contributed by atoms with Gasteiger partial charge in [0.15, 0.2) is 0 Å². The van der Waals surface area contributed by atoms with Crippen molar-refractivity contribution in [2.75, 3.05) is 20.2 Å². The number of rotatable bonds is 6. The molecule has 17 heavy (non-hydrogen) atoms. The zero-order valence-corrected chi connectivity index (χ0v) is 10.3. The van der Waals surface area contributed by atoms with Crippen molar-refractivity contribution in [3.63, 3.8) is 0 Å². The van der Waals surface area contributed by atoms with Crippen LogP contribution in [0.5, 0.6) is 0 Å². The third-order valence-electron chi connectivity index (χ3n) is 2.65. The van der Waals surface area contributed by atoms with Crippen molar-refractivity contribution in [2.24, 2.45) is 0 Å². The van der Waals surface area contributed by atoms with E-state index in [-0.39, 0.29) is 18.7 Å². The van der Waals surface area contributed by atoms with E-state index in [2.05, 4.69) is 10.4 Å². The number of aryl methyl sites for hydroxylation is 1. The number of amides is 2. The Balaban J connectivity index is 2.16. The third-order valence-corrected chi connectivity index (χ3v) is 2.65. The average molecular weight is 240 g/mol. The Hall–Kier alpha value is -1.56. The summed E-state index contributed by atoms with van der Waals surface area (Å²) in [6.45, 7) is 3.15. The lowest BCUT2D eigenvalue weighted by Crippen LogP contribution is -2.44. The summed E-state index contributed by atoms with van der Waals surface area (Å²) in [5, 5.41) is 15.8. The standard InChI is InChI=1S/C11H20N4O2/c1-10(9-16)14(2)11(17)12-5-3-7-15-8-4-6-13-15/h4,6,8,10,16H,3,5,7,9H2,1-2H3,(H,12,17). The first kappa shape index (κ1) is 13.5. The summed E-state index contributed by atoms with van der Waals surface area (Å²) < 4.78 is 1.83. The Bertz CT molecular complexity index is 326. The quantitative estimate of drug-likeness (QED) is 0.702. The molecule has 0 radical (unpaired) electrons. The number of carbonyl (C=O) groups is 1. The molecule has 0 bridgehead atoms. The van der Waals surface area contributed by atoms with Crippen LogP contribution >= 0.6 is 0 Å². The predicted octanol–water partition coefficient (Wildman–Crippen LogP) is 0.295. The van der Waals surface area contributed by atoms with Crippen molar-refractivity contribution in [1.82, 2.24) is 20.0 Å². The molecule has 1 aromatic rings. The minimum absolute atomic E-state index is 0.0305. The fourth-order valence-electron chi connectivity index (χ4n) is 1.32. The van der Waals surface area contributed by atoms with Crippen LogP contribution in [0.2, 0.25) is 0 Å². The van der Waals surface area contributed by atoms with Crippen LogP contribution in [-0.2, 0) is 6.54 Å². The Kier molecular flexibility index (Phi) is 5.48. The molecular formula is C11H20N4O2. The van der Waals surface area contributed by atoms with E-state index in [1.807, 2.05) is 16.9 Å². The summed E-state index contributed by atoms with van der Waals surface area (Å²) >= 11 is 0. The van der Waals surface area contributed by atoms with Crippen molar-refractivity contribution >= 4 is 6.03 Å². The van der Waals surface area contributed by atoms with Crippen LogP contribution in [-0.4, -0.2) is 52.1 Å². The van der Waals surface area contributed by atoms with Crippen molar-refractivity contribution in [3.8, 4) is 0 Å². The second-order valence-electron chi connectivity index (χ2n) is 4.00. The molecule has 0 saturated heterocycles. The third kappa shape index (κ3) is 4.44. The average Bonchev–Trinajstić information content (AvgIpc) is 2.85. The zero-order chi connectivity index (χ0) is 12.7. The van der Waals surface area contributed by atoms with Crippen molar-refractivity contribution < 1.29 is 9.90 Å². The molecule has 0 aliphatic carbocycles. The first-order chi connectivity index (χ1) is 8.15. The van der Waals surface area contributed by atoms with Gasteiger partial charge in [0.25, 0.3) is 0 Å². The van der Waals surface area contributed by atoms with Crippen LogP contribution in [0.25, 0.3) is 0 Å². The lowest BCUT2D eigenvalue weighted by atomic mass is 10.3. The number of carbonyl (C=O) groups excluding carboxylic acids is 1. The molecule has 6 nitrogen and oxygen atoms in total. The van der Waals surface area contributed by atoms with E-state index >= 15 is 0 Å². The van der Waals surface area contributed by atoms with Crippen LogP contribution in [0, 0.1) is 0 Å². The summed E-state index contributed by atoms with van der Waals surface area (Å²) in [6, 6.07) is 1.54. The molecule has 0 fully saturated rings. The highest BCUT2D eigenvalue weighted by Crippen LogP contribution is 1.95. The van der Waals surface area contributed by atoms with E-state index in [0.717, 1.165) is 13.0 Å². The van der Waals surface area contributed by atoms with Gasteiger partial charge in [0, 0.05) is 32.5 Å². The number of likely N-dealkylation sites (N-methyl/N-ethyl adjacent to an activating group) is 1. The van der Waals surface area contributed by atoms with Gasteiger partial charge < -0.3 is 15.3 Å². The van der Waals surface area contributed by atoms with E-state index in [0.29, 0.717) is 6.54 Å². The van der Waals surface area contributed by atoms with E-state index in [1.54, 1.807) is 20.2 Å². The molecule has 1 rings (SSSR count). The highest BCUT2D eigenvalue weighted by molar-refractivity contribution is 5.74. The van der Waals surface area contributed by atoms with Gasteiger partial charge in [-0.3, -0.25) is 4.68 Å². The molecule has 0 spiro atoms. The molecule has 1 heterocycles. The number of aromatic nitrogens is 2. The van der Waals surface area contributed by atoms with Gasteiger partial charge in [-0.1, -0.05) is 0 Å². The van der Waals surface area contributed by atoms with Gasteiger partial charge >= 0.3 is 6.03 Å². The zero-order valence-electron chi connectivity index (χ0n) is 10.3. The Morgan fingerprint density at radius 3 is 3.00 bits per heavy atom. The number of hydrogen-bond acceptors (Lipinski definition) is 3. The highest BCUT2D eigenvalue weighted by Gasteiger charge is 2.13. The number of urea groups is 1. The van der Waals surface area contributed by atoms with E-state index < -0.39 is 0 Å². The second kappa shape index (κ2) is 6.90. The fourth-order valence-corrected chi connectivity index (χ4v) is 1.32. The summed E-state index contributed by atoms with van der Waals surface area (Å²) in [7, 11) is 1.67. The summed E-state index contributed by atoms with van der Waals surface area (Å²) in [5.41, 5.74) is 0. The lowest BCUT2D eigenvalue weighted by Gasteiger charge is -2.23. The minimum atomic E-state index is -0.166. The van der Waals surface area contributed by atoms with Crippen molar-refractivity contribution in [3.05, 3.63) is 18.5 Å². The Morgan fingerprint density at radius 1 is 1.65 bits per heavy atom. The molecule has 1 aromatic heterocycles. The first-order valence-corrected chi connectivity index (χ1v) is 5.74. The van der Waals surface area contributed by atoms with Gasteiger partial charge in [-0.25, -0.2) is 4.79 Å². The fraction of sp³-hybridized carbons (Fsp3) is 0.636. The van der Waals surface area contributed by atoms with E-state index in [1.165, 1.54) is 4.90 Å². The van der Waals surface area contributed by atoms with Gasteiger partial charge in [0.2, 0.25) is 0 Å². The van der Waals surface area contributed by atoms with Crippen molar-refractivity contribution in [2.45, 2.75) is 25.9 Å². The number of nitrogens with zero attached hydrogens (tertiary/aromatic N) is 3. The summed E-state index contributed by atoms with van der Waals surface area (Å²) in [6.07, 6.45) is 4.45. The van der Waals surface area contributed by atoms with Crippen LogP contribution in [0.1, 0.15) is 13.3 Å². The number of hydrogen-bond donors (Lipinski definition) is 2. The first-order valence-electron chi connectivity index (χ1n) is 5.74. The molecule has 6 heteroatoms. The second-order valence-corrected chi connectivity index (χ2v) is 4.00. The SMILES string of the molecule is CC(CO)N(C)C(=O)NCCCn1cccn1. The summed E-state index contributed by atoms with van der Waals surface area (Å²) in [5.74, 6) is 0. The van der Waals surface area contributed by atoms with Gasteiger partial charge in [0.05, 0.1) is 12.6 Å². The largest absolute Gasteiger partial charge is 0.394 e. The molecule has 1 atom stereocenters. The van der Waals surface area contributed by atoms with Gasteiger partial charge in [-0.15, -0.1) is 0 Å². The Labute approximate surface area is 101 Å². The topological polar surface area (TPSA) is 70.4 Å². The van der Waals surface area contributed by atoms with Crippen LogP contribution in [0.4, 0.5) is 4.79 Å². The van der Waals surface area contributed by atoms with Crippen LogP contribution in [0.15, 0.2) is 18.5 Å². The Morgan fingerprint density at radius 2 is 2.41 bits per heavy atom. The van der Waals surface area contributed by atoms with Gasteiger partial charge in [-0.2, -0.15) is 5.10 Å². The molecule has 0 saturated carbocycles. The maximum absolute atomic E-state index is 11.6. The normalized spacial score (nSPS) is 12.2. The lowest BCUT2D eigenvalue weighted by molar-refractivity contribution is 0.157. The molecule has 1 unspecified atom stereocenters. The highest BCUT2D eigenvalue weighted by atomic mass is 16.3. The molecule has 2 amide bonds. The summed E-state index contributed by atoms with van der Waals surface area (Å²) in [4.78, 5) is 13.1. The van der Waals surface area contributed by atoms with E-state index in [9.17, 15) is 4.79 Å². The molecule has 0 aliphatic heterocycles. The molecule has 96 valence electrons. The minimum Gasteiger partial charge on any atom is -0.394 e. The number of aliphatic hydroxyl groups excluding tert-OH is 1. The number of nitrogens with one attached hydrogen (secondary N) is 1. The molecular weight excluding hydrogens is 220 g/mol. The molecule has 0 aliphatic rings.